The molecule has 31 heavy (non-hydrogen) atoms. The Hall–Kier alpha value is -0.600. The van der Waals surface area contributed by atoms with Crippen LogP contribution < -0.4 is 0 Å². The van der Waals surface area contributed by atoms with Crippen molar-refractivity contribution in [3.63, 3.8) is 0 Å². The van der Waals surface area contributed by atoms with Crippen LogP contribution in [0.1, 0.15) is 129 Å². The zero-order chi connectivity index (χ0) is 23.2. The molecule has 0 spiro atoms. The van der Waals surface area contributed by atoms with E-state index in [1.807, 2.05) is 0 Å². The zero-order valence-electron chi connectivity index (χ0n) is 20.7. The molecule has 184 valence electrons. The quantitative estimate of drug-likeness (QED) is 0.0722. The van der Waals surface area contributed by atoms with Crippen molar-refractivity contribution in [1.29, 1.82) is 0 Å². The van der Waals surface area contributed by atoms with Crippen LogP contribution >= 0.6 is 7.37 Å². The topological polar surface area (TPSA) is 63.6 Å². The lowest BCUT2D eigenvalue weighted by atomic mass is 10.0. The number of hydrogen-bond acceptors (Lipinski definition) is 3. The first-order chi connectivity index (χ1) is 14.9. The summed E-state index contributed by atoms with van der Waals surface area (Å²) in [7, 11) is -2.96. The molecule has 0 radical (unpaired) electrons. The number of esters is 1. The predicted molar refractivity (Wildman–Crippen MR) is 134 cm³/mol. The van der Waals surface area contributed by atoms with Gasteiger partial charge >= 0.3 is 5.97 Å². The molecule has 0 fully saturated rings. The largest absolute Gasteiger partial charge is 0.462 e. The highest BCUT2D eigenvalue weighted by Crippen LogP contribution is 2.42. The van der Waals surface area contributed by atoms with Crippen molar-refractivity contribution in [1.82, 2.24) is 0 Å². The lowest BCUT2D eigenvalue weighted by Gasteiger charge is -2.11. The lowest BCUT2D eigenvalue weighted by Crippen LogP contribution is -2.06. The van der Waals surface area contributed by atoms with Gasteiger partial charge in [0, 0.05) is 17.9 Å². The minimum atomic E-state index is -2.96. The fourth-order valence-corrected chi connectivity index (χ4v) is 5.43. The van der Waals surface area contributed by atoms with Gasteiger partial charge in [0.2, 0.25) is 7.37 Å². The molecule has 1 N–H and O–H groups in total. The van der Waals surface area contributed by atoms with Gasteiger partial charge in [-0.25, -0.2) is 4.79 Å². The second kappa shape index (κ2) is 21.3. The summed E-state index contributed by atoms with van der Waals surface area (Å²) in [6.07, 6.45) is 22.5. The van der Waals surface area contributed by atoms with Crippen LogP contribution in [0.3, 0.4) is 0 Å². The van der Waals surface area contributed by atoms with Gasteiger partial charge in [-0.15, -0.1) is 0 Å². The van der Waals surface area contributed by atoms with Gasteiger partial charge in [0.05, 0.1) is 6.61 Å². The summed E-state index contributed by atoms with van der Waals surface area (Å²) in [5.41, 5.74) is 0.421. The maximum absolute atomic E-state index is 12.3. The average Bonchev–Trinajstić information content (AvgIpc) is 2.73. The normalized spacial score (nSPS) is 13.1. The number of hydrogen-bond donors (Lipinski definition) is 1. The molecule has 1 unspecified atom stereocenters. The van der Waals surface area contributed by atoms with Gasteiger partial charge in [0.25, 0.3) is 0 Å². The monoisotopic (exact) mass is 458 g/mol. The van der Waals surface area contributed by atoms with E-state index in [-0.39, 0.29) is 5.97 Å². The second-order valence-corrected chi connectivity index (χ2v) is 11.8. The molecule has 0 saturated heterocycles. The van der Waals surface area contributed by atoms with Gasteiger partial charge in [-0.2, -0.15) is 0 Å². The molecule has 0 rings (SSSR count). The Morgan fingerprint density at radius 3 is 1.45 bits per heavy atom. The summed E-state index contributed by atoms with van der Waals surface area (Å²) in [4.78, 5) is 21.4. The number of carbonyl (C=O) groups excluding carboxylic acids is 1. The second-order valence-electron chi connectivity index (χ2n) is 9.22. The average molecular weight is 459 g/mol. The molecule has 0 bridgehead atoms. The standard InChI is InChI=1S/C26H51O4P/c1-4-5-6-7-8-9-10-11-12-13-14-15-17-20-23-31(28,29)24-21-18-16-19-22-30-26(27)25(2)3/h2,4-24H2,1,3H3,(H,28,29). The Morgan fingerprint density at radius 2 is 1.06 bits per heavy atom. The maximum atomic E-state index is 12.3. The van der Waals surface area contributed by atoms with E-state index in [2.05, 4.69) is 13.5 Å². The highest BCUT2D eigenvalue weighted by Gasteiger charge is 2.16. The van der Waals surface area contributed by atoms with Gasteiger partial charge in [-0.3, -0.25) is 4.57 Å². The molecule has 0 amide bonds. The summed E-state index contributed by atoms with van der Waals surface area (Å²) in [5.74, 6) is -0.340. The molecule has 4 nitrogen and oxygen atoms in total. The maximum Gasteiger partial charge on any atom is 0.333 e. The van der Waals surface area contributed by atoms with Gasteiger partial charge in [0.15, 0.2) is 0 Å². The van der Waals surface area contributed by atoms with E-state index in [1.165, 1.54) is 77.0 Å². The van der Waals surface area contributed by atoms with Gasteiger partial charge in [-0.1, -0.05) is 110 Å². The van der Waals surface area contributed by atoms with E-state index in [1.54, 1.807) is 6.92 Å². The van der Waals surface area contributed by atoms with Crippen molar-refractivity contribution in [3.8, 4) is 0 Å². The third-order valence-corrected chi connectivity index (χ3v) is 7.87. The van der Waals surface area contributed by atoms with Crippen LogP contribution in [-0.4, -0.2) is 29.8 Å². The molecule has 0 aromatic carbocycles. The fourth-order valence-electron chi connectivity index (χ4n) is 3.77. The summed E-state index contributed by atoms with van der Waals surface area (Å²) in [6, 6.07) is 0. The van der Waals surface area contributed by atoms with Gasteiger partial charge < -0.3 is 9.63 Å². The van der Waals surface area contributed by atoms with Crippen LogP contribution in [-0.2, 0) is 14.1 Å². The minimum Gasteiger partial charge on any atom is -0.462 e. The third kappa shape index (κ3) is 22.4. The van der Waals surface area contributed by atoms with Crippen molar-refractivity contribution in [2.24, 2.45) is 0 Å². The number of carbonyl (C=O) groups is 1. The number of rotatable bonds is 23. The van der Waals surface area contributed by atoms with Crippen molar-refractivity contribution in [2.45, 2.75) is 129 Å². The summed E-state index contributed by atoms with van der Waals surface area (Å²) >= 11 is 0. The molecule has 5 heteroatoms. The Morgan fingerprint density at radius 1 is 0.710 bits per heavy atom. The Bertz CT molecular complexity index is 490. The zero-order valence-corrected chi connectivity index (χ0v) is 21.6. The van der Waals surface area contributed by atoms with E-state index < -0.39 is 7.37 Å². The first-order valence-electron chi connectivity index (χ1n) is 13.0. The smallest absolute Gasteiger partial charge is 0.333 e. The Balaban J connectivity index is 3.38. The van der Waals surface area contributed by atoms with Crippen LogP contribution in [0.2, 0.25) is 0 Å². The first kappa shape index (κ1) is 30.4. The highest BCUT2D eigenvalue weighted by atomic mass is 31.2. The van der Waals surface area contributed by atoms with Crippen molar-refractivity contribution < 1.29 is 19.0 Å². The van der Waals surface area contributed by atoms with Crippen LogP contribution in [0.15, 0.2) is 12.2 Å². The lowest BCUT2D eigenvalue weighted by molar-refractivity contribution is -0.139. The molecule has 0 heterocycles. The SMILES string of the molecule is C=C(C)C(=O)OCCCCCCP(=O)(O)CCCCCCCCCCCCCCCC. The van der Waals surface area contributed by atoms with E-state index in [0.717, 1.165) is 38.5 Å². The first-order valence-corrected chi connectivity index (χ1v) is 15.1. The van der Waals surface area contributed by atoms with E-state index in [4.69, 9.17) is 4.74 Å². The molecule has 0 aromatic heterocycles. The van der Waals surface area contributed by atoms with E-state index in [0.29, 0.717) is 24.5 Å². The van der Waals surface area contributed by atoms with Crippen molar-refractivity contribution in [2.75, 3.05) is 18.9 Å². The molecule has 0 aliphatic rings. The highest BCUT2D eigenvalue weighted by molar-refractivity contribution is 7.57. The predicted octanol–water partition coefficient (Wildman–Crippen LogP) is 8.42. The van der Waals surface area contributed by atoms with Crippen molar-refractivity contribution in [3.05, 3.63) is 12.2 Å². The van der Waals surface area contributed by atoms with Gasteiger partial charge in [0.1, 0.15) is 0 Å². The molecule has 0 aliphatic heterocycles. The molecule has 0 saturated carbocycles. The summed E-state index contributed by atoms with van der Waals surface area (Å²) < 4.78 is 17.3. The van der Waals surface area contributed by atoms with Crippen LogP contribution in [0, 0.1) is 0 Å². The van der Waals surface area contributed by atoms with Gasteiger partial charge in [-0.05, 0) is 26.2 Å². The molecule has 0 aromatic rings. The molecular formula is C26H51O4P. The molecular weight excluding hydrogens is 407 g/mol. The number of unbranched alkanes of at least 4 members (excludes halogenated alkanes) is 16. The van der Waals surface area contributed by atoms with Crippen molar-refractivity contribution >= 4 is 13.3 Å². The summed E-state index contributed by atoms with van der Waals surface area (Å²) in [6.45, 7) is 7.85. The van der Waals surface area contributed by atoms with E-state index in [9.17, 15) is 14.3 Å². The van der Waals surface area contributed by atoms with Crippen LogP contribution in [0.25, 0.3) is 0 Å². The van der Waals surface area contributed by atoms with Crippen LogP contribution in [0.5, 0.6) is 0 Å². The fraction of sp³-hybridized carbons (Fsp3) is 0.885. The third-order valence-electron chi connectivity index (χ3n) is 5.84. The van der Waals surface area contributed by atoms with E-state index >= 15 is 0 Å². The Labute approximate surface area is 193 Å². The minimum absolute atomic E-state index is 0.340. The van der Waals surface area contributed by atoms with Crippen LogP contribution in [0.4, 0.5) is 0 Å². The summed E-state index contributed by atoms with van der Waals surface area (Å²) in [5, 5.41) is 0. The molecule has 0 aliphatic carbocycles. The Kier molecular flexibility index (Phi) is 20.8. The molecule has 1 atom stereocenters. The number of ether oxygens (including phenoxy) is 1.